The fourth-order valence-corrected chi connectivity index (χ4v) is 2.76. The number of hydrogen-bond donors (Lipinski definition) is 1. The van der Waals surface area contributed by atoms with Crippen LogP contribution in [-0.2, 0) is 9.84 Å². The smallest absolute Gasteiger partial charge is 0.150 e. The molecule has 0 spiro atoms. The number of sulfone groups is 1. The summed E-state index contributed by atoms with van der Waals surface area (Å²) in [7, 11) is -2.96. The first-order chi connectivity index (χ1) is 8.14. The maximum Gasteiger partial charge on any atom is 0.150 e. The molecule has 5 heteroatoms. The average molecular weight is 257 g/mol. The summed E-state index contributed by atoms with van der Waals surface area (Å²) in [6.45, 7) is 0.839. The monoisotopic (exact) mass is 257 g/mol. The molecule has 4 nitrogen and oxygen atoms in total. The third kappa shape index (κ3) is 6.28. The van der Waals surface area contributed by atoms with Crippen LogP contribution < -0.4 is 10.5 Å². The molecule has 1 rings (SSSR count). The topological polar surface area (TPSA) is 69.4 Å². The van der Waals surface area contributed by atoms with Gasteiger partial charge in [0.15, 0.2) is 0 Å². The van der Waals surface area contributed by atoms with Crippen LogP contribution in [0.1, 0.15) is 12.8 Å². The van der Waals surface area contributed by atoms with Gasteiger partial charge in [0.2, 0.25) is 0 Å². The number of nitrogens with two attached hydrogens (primary N) is 1. The standard InChI is InChI=1S/C12H19NO3S/c13-8-4-10-17(14,15)11-5-9-16-12-6-2-1-3-7-12/h1-3,6-7H,4-5,8-11,13H2. The summed E-state index contributed by atoms with van der Waals surface area (Å²) in [5, 5.41) is 0. The Bertz CT molecular complexity index is 403. The van der Waals surface area contributed by atoms with Crippen molar-refractivity contribution in [2.24, 2.45) is 5.73 Å². The van der Waals surface area contributed by atoms with Crippen molar-refractivity contribution in [3.05, 3.63) is 30.3 Å². The van der Waals surface area contributed by atoms with Crippen LogP contribution >= 0.6 is 0 Å². The first-order valence-electron chi connectivity index (χ1n) is 5.72. The van der Waals surface area contributed by atoms with Gasteiger partial charge in [-0.05, 0) is 31.5 Å². The zero-order chi connectivity index (χ0) is 12.6. The predicted molar refractivity (Wildman–Crippen MR) is 68.9 cm³/mol. The molecular weight excluding hydrogens is 238 g/mol. The molecule has 0 heterocycles. The van der Waals surface area contributed by atoms with Gasteiger partial charge in [-0.15, -0.1) is 0 Å². The van der Waals surface area contributed by atoms with E-state index in [1.54, 1.807) is 0 Å². The molecule has 17 heavy (non-hydrogen) atoms. The summed E-state index contributed by atoms with van der Waals surface area (Å²) in [4.78, 5) is 0. The number of rotatable bonds is 8. The molecule has 0 unspecified atom stereocenters. The fourth-order valence-electron chi connectivity index (χ4n) is 1.39. The Morgan fingerprint density at radius 2 is 1.71 bits per heavy atom. The molecule has 0 aliphatic heterocycles. The lowest BCUT2D eigenvalue weighted by Crippen LogP contribution is -2.16. The molecule has 96 valence electrons. The molecule has 0 fully saturated rings. The van der Waals surface area contributed by atoms with E-state index in [0.29, 0.717) is 26.0 Å². The van der Waals surface area contributed by atoms with E-state index < -0.39 is 9.84 Å². The summed E-state index contributed by atoms with van der Waals surface area (Å²) in [5.74, 6) is 1.11. The first-order valence-corrected chi connectivity index (χ1v) is 7.54. The van der Waals surface area contributed by atoms with Gasteiger partial charge in [0, 0.05) is 0 Å². The van der Waals surface area contributed by atoms with E-state index in [4.69, 9.17) is 10.5 Å². The average Bonchev–Trinajstić information content (AvgIpc) is 2.34. The second kappa shape index (κ2) is 7.29. The predicted octanol–water partition coefficient (Wildman–Crippen LogP) is 1.22. The van der Waals surface area contributed by atoms with Crippen LogP contribution in [0.15, 0.2) is 30.3 Å². The van der Waals surface area contributed by atoms with Crippen molar-refractivity contribution in [3.63, 3.8) is 0 Å². The van der Waals surface area contributed by atoms with Crippen LogP contribution in [0.5, 0.6) is 5.75 Å². The van der Waals surface area contributed by atoms with E-state index in [1.165, 1.54) is 0 Å². The zero-order valence-corrected chi connectivity index (χ0v) is 10.7. The Morgan fingerprint density at radius 3 is 2.35 bits per heavy atom. The van der Waals surface area contributed by atoms with Gasteiger partial charge in [-0.25, -0.2) is 8.42 Å². The van der Waals surface area contributed by atoms with Gasteiger partial charge < -0.3 is 10.5 Å². The van der Waals surface area contributed by atoms with Gasteiger partial charge in [0.1, 0.15) is 15.6 Å². The van der Waals surface area contributed by atoms with Crippen LogP contribution in [-0.4, -0.2) is 33.1 Å². The van der Waals surface area contributed by atoms with E-state index in [2.05, 4.69) is 0 Å². The summed E-state index contributed by atoms with van der Waals surface area (Å²) in [6, 6.07) is 9.37. The minimum absolute atomic E-state index is 0.167. The molecule has 2 N–H and O–H groups in total. The molecule has 0 atom stereocenters. The lowest BCUT2D eigenvalue weighted by Gasteiger charge is -2.06. The Morgan fingerprint density at radius 1 is 1.06 bits per heavy atom. The molecule has 0 amide bonds. The first kappa shape index (κ1) is 14.0. The lowest BCUT2D eigenvalue weighted by atomic mass is 10.3. The Hall–Kier alpha value is -1.07. The zero-order valence-electron chi connectivity index (χ0n) is 9.84. The molecule has 0 radical (unpaired) electrons. The van der Waals surface area contributed by atoms with Crippen LogP contribution in [0.3, 0.4) is 0 Å². The van der Waals surface area contributed by atoms with Crippen molar-refractivity contribution in [1.29, 1.82) is 0 Å². The second-order valence-corrected chi connectivity index (χ2v) is 6.11. The van der Waals surface area contributed by atoms with Crippen LogP contribution in [0.4, 0.5) is 0 Å². The van der Waals surface area contributed by atoms with Crippen molar-refractivity contribution in [1.82, 2.24) is 0 Å². The van der Waals surface area contributed by atoms with E-state index in [1.807, 2.05) is 30.3 Å². The molecule has 0 saturated carbocycles. The summed E-state index contributed by atoms with van der Waals surface area (Å²) in [6.07, 6.45) is 1.05. The van der Waals surface area contributed by atoms with E-state index in [0.717, 1.165) is 5.75 Å². The van der Waals surface area contributed by atoms with Crippen molar-refractivity contribution < 1.29 is 13.2 Å². The molecular formula is C12H19NO3S. The molecule has 0 aliphatic rings. The third-order valence-corrected chi connectivity index (χ3v) is 4.09. The van der Waals surface area contributed by atoms with Crippen molar-refractivity contribution in [2.45, 2.75) is 12.8 Å². The van der Waals surface area contributed by atoms with E-state index in [9.17, 15) is 8.42 Å². The van der Waals surface area contributed by atoms with Gasteiger partial charge in [0.25, 0.3) is 0 Å². The largest absolute Gasteiger partial charge is 0.494 e. The summed E-state index contributed by atoms with van der Waals surface area (Å²) >= 11 is 0. The van der Waals surface area contributed by atoms with E-state index in [-0.39, 0.29) is 11.5 Å². The quantitative estimate of drug-likeness (QED) is 0.711. The SMILES string of the molecule is NCCCS(=O)(=O)CCCOc1ccccc1. The lowest BCUT2D eigenvalue weighted by molar-refractivity contribution is 0.317. The number of benzene rings is 1. The normalized spacial score (nSPS) is 11.4. The maximum absolute atomic E-state index is 11.5. The summed E-state index contributed by atoms with van der Waals surface area (Å²) < 4.78 is 28.4. The van der Waals surface area contributed by atoms with E-state index >= 15 is 0 Å². The maximum atomic E-state index is 11.5. The second-order valence-electron chi connectivity index (χ2n) is 3.81. The Balaban J connectivity index is 2.20. The number of hydrogen-bond acceptors (Lipinski definition) is 4. The van der Waals surface area contributed by atoms with Crippen LogP contribution in [0.2, 0.25) is 0 Å². The highest BCUT2D eigenvalue weighted by molar-refractivity contribution is 7.91. The number of para-hydroxylation sites is 1. The number of ether oxygens (including phenoxy) is 1. The molecule has 1 aromatic rings. The minimum Gasteiger partial charge on any atom is -0.494 e. The van der Waals surface area contributed by atoms with Crippen molar-refractivity contribution in [2.75, 3.05) is 24.7 Å². The van der Waals surface area contributed by atoms with Gasteiger partial charge in [-0.3, -0.25) is 0 Å². The van der Waals surface area contributed by atoms with Gasteiger partial charge >= 0.3 is 0 Å². The van der Waals surface area contributed by atoms with Crippen molar-refractivity contribution in [3.8, 4) is 5.75 Å². The molecule has 0 saturated heterocycles. The van der Waals surface area contributed by atoms with Gasteiger partial charge in [-0.1, -0.05) is 18.2 Å². The van der Waals surface area contributed by atoms with Gasteiger partial charge in [-0.2, -0.15) is 0 Å². The highest BCUT2D eigenvalue weighted by Crippen LogP contribution is 2.08. The van der Waals surface area contributed by atoms with Crippen molar-refractivity contribution >= 4 is 9.84 Å². The van der Waals surface area contributed by atoms with Crippen LogP contribution in [0.25, 0.3) is 0 Å². The highest BCUT2D eigenvalue weighted by Gasteiger charge is 2.09. The third-order valence-electron chi connectivity index (χ3n) is 2.27. The van der Waals surface area contributed by atoms with Crippen LogP contribution in [0, 0.1) is 0 Å². The molecule has 0 aromatic heterocycles. The Kier molecular flexibility index (Phi) is 6.00. The Labute approximate surface area is 103 Å². The van der Waals surface area contributed by atoms with Gasteiger partial charge in [0.05, 0.1) is 18.1 Å². The molecule has 1 aromatic carbocycles. The molecule has 0 bridgehead atoms. The molecule has 0 aliphatic carbocycles. The fraction of sp³-hybridized carbons (Fsp3) is 0.500. The summed E-state index contributed by atoms with van der Waals surface area (Å²) in [5.41, 5.74) is 5.28. The minimum atomic E-state index is -2.96. The highest BCUT2D eigenvalue weighted by atomic mass is 32.2.